The van der Waals surface area contributed by atoms with Gasteiger partial charge in [0.15, 0.2) is 0 Å². The molecule has 0 spiro atoms. The summed E-state index contributed by atoms with van der Waals surface area (Å²) in [6.45, 7) is 13.7. The molecule has 0 aliphatic carbocycles. The molecule has 1 atom stereocenters. The average molecular weight is 2040 g/mol. The number of carbonyl (C=O) groups is 4. The van der Waals surface area contributed by atoms with Gasteiger partial charge >= 0.3 is 11.9 Å². The minimum Gasteiger partial charge on any atom is -0.480 e. The first-order valence-electron chi connectivity index (χ1n) is 47.6. The Balaban J connectivity index is 0.000000119. The number of rotatable bonds is 21. The summed E-state index contributed by atoms with van der Waals surface area (Å²) in [5.74, 6) is 0.530. The summed E-state index contributed by atoms with van der Waals surface area (Å²) in [5.41, 5.74) is 22.9. The van der Waals surface area contributed by atoms with Crippen LogP contribution in [0.5, 0.6) is 0 Å². The lowest BCUT2D eigenvalue weighted by Crippen LogP contribution is -2.31. The van der Waals surface area contributed by atoms with Gasteiger partial charge in [-0.1, -0.05) is 129 Å². The van der Waals surface area contributed by atoms with Crippen molar-refractivity contribution in [3.05, 3.63) is 255 Å². The number of benzene rings is 6. The summed E-state index contributed by atoms with van der Waals surface area (Å²) in [7, 11) is 0. The van der Waals surface area contributed by atoms with Crippen molar-refractivity contribution in [3.63, 3.8) is 0 Å². The van der Waals surface area contributed by atoms with Gasteiger partial charge in [-0.25, -0.2) is 24.9 Å². The number of non-ortho nitro benzene ring substituents is 1. The number of carboxylic acids is 2. The summed E-state index contributed by atoms with van der Waals surface area (Å²) in [6.07, 6.45) is 17.3. The van der Waals surface area contributed by atoms with Crippen LogP contribution >= 0.6 is 56.7 Å². The molecule has 740 valence electrons. The number of aliphatic imine (C=N–C) groups is 1. The number of carboxylic acid groups (broad SMARTS) is 2. The molecule has 5 fully saturated rings. The molecule has 16 heterocycles. The van der Waals surface area contributed by atoms with E-state index in [2.05, 4.69) is 119 Å². The topological polar surface area (TPSA) is 493 Å². The Bertz CT molecular complexity index is 7890. The summed E-state index contributed by atoms with van der Waals surface area (Å²) >= 11 is 6.78. The van der Waals surface area contributed by atoms with E-state index in [0.29, 0.717) is 74.1 Å². The standard InChI is InChI=1S/C22H23N5OS.C22H21N5OS.C21H24N6O4S.C19H19N5O4S.C16H15N5O3S/c1-14-13-23-15(2)20(14)16-7-6-8-17(11-16)21-25-27-19(28)12-18(24-22(27)29-21)26-9-4-3-5-10-26;23-18-9-7-15(8-10-18)16-5-4-6-17(13-16)21-25-27-20(28)14-19(24-22(27)29-21)26-11-2-1-3-12-26;22-15(20(30)31)7-8-17(28)23-14-6-4-5-13(11-14)19-25-27-18(29)12-16(24-21(27)32-19)26-9-2-1-3-10-26;25-15-10-14(23-7-2-1-3-8-23)21-19-24(15)22-18(29-19)13-6-4-5-12(9-13)17(28)20-11-16(26)27;22-14-10-13(19-8-2-1-3-9-19)17-16-20(14)18-15(25-16)11-4-6-12(7-5-11)21(23)24/h6-8,11-12H,3-5,9-10,13H2,1-2H3;4-10,13-14H,1-3,11-12,23H2;4-6,11-12,15H,1-3,7-10,22H2,(H,23,28)(H,30,31);4-6,9-10H,1-3,7-8,11H2,(H,20,28)(H,26,27);4-7,10H,1-3,8-9H2/t;;15-;;/m..0../s1. The molecule has 10 aromatic heterocycles. The van der Waals surface area contributed by atoms with Crippen LogP contribution in [-0.2, 0) is 14.4 Å². The number of fused-ring (bicyclic) bond motifs is 5. The molecule has 39 nitrogen and oxygen atoms in total. The van der Waals surface area contributed by atoms with Gasteiger partial charge in [-0.3, -0.25) is 58.3 Å². The lowest BCUT2D eigenvalue weighted by atomic mass is 9.97. The van der Waals surface area contributed by atoms with Gasteiger partial charge in [-0.2, -0.15) is 48.1 Å². The molecule has 6 aliphatic rings. The smallest absolute Gasteiger partial charge is 0.322 e. The Labute approximate surface area is 842 Å². The van der Waals surface area contributed by atoms with Gasteiger partial charge in [-0.05, 0) is 200 Å². The number of amides is 2. The highest BCUT2D eigenvalue weighted by atomic mass is 32.1. The van der Waals surface area contributed by atoms with Crippen molar-refractivity contribution < 1.29 is 34.3 Å². The first-order chi connectivity index (χ1) is 69.8. The predicted molar refractivity (Wildman–Crippen MR) is 564 cm³/mol. The Morgan fingerprint density at radius 3 is 1.10 bits per heavy atom. The lowest BCUT2D eigenvalue weighted by molar-refractivity contribution is -0.384. The van der Waals surface area contributed by atoms with Crippen LogP contribution in [0, 0.1) is 10.1 Å². The van der Waals surface area contributed by atoms with Crippen molar-refractivity contribution in [1.82, 2.24) is 78.3 Å². The van der Waals surface area contributed by atoms with Gasteiger partial charge in [-0.15, -0.1) is 0 Å². The van der Waals surface area contributed by atoms with E-state index >= 15 is 0 Å². The number of aliphatic carboxylic acids is 2. The third-order valence-corrected chi connectivity index (χ3v) is 29.9. The Kier molecular flexibility index (Phi) is 30.8. The fourth-order valence-electron chi connectivity index (χ4n) is 17.6. The van der Waals surface area contributed by atoms with Gasteiger partial charge in [0, 0.05) is 170 Å². The second-order valence-corrected chi connectivity index (χ2v) is 40.2. The fourth-order valence-corrected chi connectivity index (χ4v) is 22.1. The van der Waals surface area contributed by atoms with Crippen LogP contribution < -0.4 is 74.4 Å². The number of aromatic nitrogens is 15. The molecular formula is C100H102N26O13S5. The number of piperidine rings is 5. The molecule has 0 saturated carbocycles. The molecule has 144 heavy (non-hydrogen) atoms. The molecule has 16 aromatic rings. The number of nitrogens with two attached hydrogens (primary N) is 2. The maximum Gasteiger partial charge on any atom is 0.322 e. The second-order valence-electron chi connectivity index (χ2n) is 35.4. The van der Waals surface area contributed by atoms with E-state index in [1.165, 1.54) is 153 Å². The van der Waals surface area contributed by atoms with Crippen LogP contribution in [0.3, 0.4) is 0 Å². The summed E-state index contributed by atoms with van der Waals surface area (Å²) in [5, 5.41) is 58.9. The maximum atomic E-state index is 12.7. The number of anilines is 7. The number of hydrogen-bond donors (Lipinski definition) is 6. The molecule has 6 aliphatic heterocycles. The normalized spacial score (nSPS) is 15.1. The van der Waals surface area contributed by atoms with Crippen molar-refractivity contribution in [1.29, 1.82) is 0 Å². The number of hydrogen-bond acceptors (Lipinski definition) is 34. The number of nitrogens with zero attached hydrogens (tertiary/aromatic N) is 22. The predicted octanol–water partition coefficient (Wildman–Crippen LogP) is 14.4. The zero-order valence-electron chi connectivity index (χ0n) is 78.7. The van der Waals surface area contributed by atoms with E-state index in [0.717, 1.165) is 208 Å². The van der Waals surface area contributed by atoms with E-state index in [9.17, 15) is 53.3 Å². The number of nitro benzene ring substituents is 1. The van der Waals surface area contributed by atoms with Gasteiger partial charge in [0.25, 0.3) is 39.4 Å². The van der Waals surface area contributed by atoms with Crippen molar-refractivity contribution in [2.45, 2.75) is 129 Å². The number of nitrogen functional groups attached to an aromatic ring is 1. The molecule has 0 bridgehead atoms. The fraction of sp³-hybridized carbons (Fsp3) is 0.320. The third kappa shape index (κ3) is 23.5. The second kappa shape index (κ2) is 44.8. The summed E-state index contributed by atoms with van der Waals surface area (Å²) in [6, 6.07) is 50.9. The average Bonchev–Trinajstić information content (AvgIpc) is 1.63. The molecule has 22 rings (SSSR count). The number of nitro groups is 1. The molecule has 2 amide bonds. The minimum absolute atomic E-state index is 0.00256. The van der Waals surface area contributed by atoms with E-state index in [1.807, 2.05) is 54.6 Å². The Hall–Kier alpha value is -15.4. The number of nitrogens with one attached hydrogen (secondary N) is 2. The molecule has 0 radical (unpaired) electrons. The third-order valence-electron chi connectivity index (χ3n) is 25.1. The molecule has 8 N–H and O–H groups in total. The largest absolute Gasteiger partial charge is 0.480 e. The van der Waals surface area contributed by atoms with Crippen LogP contribution in [-0.4, -0.2) is 202 Å². The van der Waals surface area contributed by atoms with E-state index in [-0.39, 0.29) is 52.2 Å². The maximum absolute atomic E-state index is 12.7. The SMILES string of the molecule is CC1=NCC(C)=C1c1cccc(-c2nn3c(=O)cc(N4CCCCC4)nc3s2)c1.N[C@@H](CCC(=O)Nc1cccc(-c2nn3c(=O)cc(N4CCCCC4)nc3s2)c1)C(=O)O.Nc1ccc(-c2cccc(-c3nn4c(=O)cc(N5CCCCC5)nc4s3)c2)cc1.O=C(O)CNC(=O)c1cccc(-c2nn3c(=O)cc(N4CCCCC4)nc3s2)c1.O=c1cc(N2CCCCC2)nc2sc(-c3ccc([N+](=O)[O-])cc3)nn12. The van der Waals surface area contributed by atoms with Crippen molar-refractivity contribution in [2.75, 3.05) is 114 Å². The molecule has 44 heteroatoms. The quantitative estimate of drug-likeness (QED) is 0.0221. The first kappa shape index (κ1) is 98.8. The monoisotopic (exact) mass is 2030 g/mol. The molecule has 6 aromatic carbocycles. The molecule has 5 saturated heterocycles. The summed E-state index contributed by atoms with van der Waals surface area (Å²) < 4.78 is 6.68. The Morgan fingerprint density at radius 1 is 0.410 bits per heavy atom. The van der Waals surface area contributed by atoms with Gasteiger partial charge in [0.05, 0.1) is 11.5 Å². The van der Waals surface area contributed by atoms with Crippen LogP contribution in [0.15, 0.2) is 210 Å². The number of carbonyl (C=O) groups excluding carboxylic acids is 2. The Morgan fingerprint density at radius 2 is 0.743 bits per heavy atom. The lowest BCUT2D eigenvalue weighted by Gasteiger charge is -2.27. The molecule has 0 unspecified atom stereocenters. The van der Waals surface area contributed by atoms with E-state index in [4.69, 9.17) is 31.6 Å². The van der Waals surface area contributed by atoms with E-state index in [1.54, 1.807) is 66.7 Å². The van der Waals surface area contributed by atoms with Crippen molar-refractivity contribution in [2.24, 2.45) is 10.7 Å². The van der Waals surface area contributed by atoms with Crippen LogP contribution in [0.4, 0.5) is 46.2 Å². The number of allylic oxidation sites excluding steroid dienone is 1. The zero-order chi connectivity index (χ0) is 100. The highest BCUT2D eigenvalue weighted by Crippen LogP contribution is 2.37. The molecular weight excluding hydrogens is 1930 g/mol. The van der Waals surface area contributed by atoms with Gasteiger partial charge in [0.2, 0.25) is 30.7 Å². The van der Waals surface area contributed by atoms with Crippen LogP contribution in [0.2, 0.25) is 0 Å². The van der Waals surface area contributed by atoms with Crippen molar-refractivity contribution in [3.8, 4) is 64.0 Å². The first-order valence-corrected chi connectivity index (χ1v) is 51.7. The highest BCUT2D eigenvalue weighted by Gasteiger charge is 2.27. The minimum atomic E-state index is -1.14. The highest BCUT2D eigenvalue weighted by molar-refractivity contribution is 7.21. The van der Waals surface area contributed by atoms with Gasteiger partial charge < -0.3 is 56.8 Å². The summed E-state index contributed by atoms with van der Waals surface area (Å²) in [4.78, 5) is 160. The van der Waals surface area contributed by atoms with Crippen LogP contribution in [0.25, 0.3) is 94.4 Å². The van der Waals surface area contributed by atoms with Crippen LogP contribution in [0.1, 0.15) is 139 Å². The van der Waals surface area contributed by atoms with Crippen molar-refractivity contribution >= 4 is 163 Å². The van der Waals surface area contributed by atoms with E-state index < -0.39 is 35.4 Å². The zero-order valence-corrected chi connectivity index (χ0v) is 82.8. The van der Waals surface area contributed by atoms with Gasteiger partial charge in [0.1, 0.15) is 66.7 Å².